The molecule has 1 aromatic rings. The number of benzene rings is 1. The first-order valence-electron chi connectivity index (χ1n) is 5.58. The molecule has 0 amide bonds. The molecule has 4 heteroatoms. The van der Waals surface area contributed by atoms with Gasteiger partial charge >= 0.3 is 0 Å². The lowest BCUT2D eigenvalue weighted by molar-refractivity contribution is 0.199. The zero-order chi connectivity index (χ0) is 13.3. The van der Waals surface area contributed by atoms with Gasteiger partial charge in [0.1, 0.15) is 9.84 Å². The Balaban J connectivity index is 3.00. The van der Waals surface area contributed by atoms with E-state index < -0.39 is 21.4 Å². The molecule has 1 rings (SSSR count). The summed E-state index contributed by atoms with van der Waals surface area (Å²) in [6.45, 7) is 5.52. The Labute approximate surface area is 103 Å². The molecule has 0 heterocycles. The lowest BCUT2D eigenvalue weighted by Crippen LogP contribution is -2.27. The van der Waals surface area contributed by atoms with Crippen molar-refractivity contribution in [2.45, 2.75) is 32.3 Å². The van der Waals surface area contributed by atoms with Crippen molar-refractivity contribution in [3.63, 3.8) is 0 Å². The van der Waals surface area contributed by atoms with Gasteiger partial charge in [0.15, 0.2) is 0 Å². The third kappa shape index (κ3) is 4.13. The molecule has 0 aliphatic carbocycles. The second-order valence-corrected chi connectivity index (χ2v) is 7.39. The highest BCUT2D eigenvalue weighted by molar-refractivity contribution is 7.90. The number of aliphatic hydroxyl groups excluding tert-OH is 1. The first kappa shape index (κ1) is 14.2. The highest BCUT2D eigenvalue weighted by Gasteiger charge is 2.25. The zero-order valence-electron chi connectivity index (χ0n) is 10.8. The maximum atomic E-state index is 11.4. The second-order valence-electron chi connectivity index (χ2n) is 5.25. The Morgan fingerprint density at radius 3 is 2.06 bits per heavy atom. The minimum Gasteiger partial charge on any atom is -0.389 e. The van der Waals surface area contributed by atoms with Gasteiger partial charge < -0.3 is 5.11 Å². The third-order valence-corrected chi connectivity index (χ3v) is 4.04. The van der Waals surface area contributed by atoms with Crippen LogP contribution in [0.3, 0.4) is 0 Å². The van der Waals surface area contributed by atoms with Crippen molar-refractivity contribution in [3.05, 3.63) is 35.4 Å². The average Bonchev–Trinajstić information content (AvgIpc) is 2.14. The molecule has 0 aliphatic rings. The van der Waals surface area contributed by atoms with E-state index in [0.717, 1.165) is 11.1 Å². The molecule has 1 atom stereocenters. The molecule has 0 spiro atoms. The number of hydrogen-bond donors (Lipinski definition) is 1. The minimum atomic E-state index is -3.01. The number of rotatable bonds is 4. The molecule has 0 saturated heterocycles. The van der Waals surface area contributed by atoms with Gasteiger partial charge in [-0.3, -0.25) is 0 Å². The van der Waals surface area contributed by atoms with Crippen molar-refractivity contribution in [2.75, 3.05) is 12.0 Å². The summed E-state index contributed by atoms with van der Waals surface area (Å²) < 4.78 is 22.7. The fourth-order valence-electron chi connectivity index (χ4n) is 1.95. The summed E-state index contributed by atoms with van der Waals surface area (Å²) in [6.07, 6.45) is 0.751. The van der Waals surface area contributed by atoms with E-state index in [1.54, 1.807) is 6.92 Å². The van der Waals surface area contributed by atoms with Crippen LogP contribution in [0.4, 0.5) is 0 Å². The monoisotopic (exact) mass is 256 g/mol. The Morgan fingerprint density at radius 2 is 1.71 bits per heavy atom. The Kier molecular flexibility index (Phi) is 3.99. The molecule has 3 nitrogen and oxygen atoms in total. The molecule has 96 valence electrons. The average molecular weight is 256 g/mol. The fourth-order valence-corrected chi connectivity index (χ4v) is 3.43. The summed E-state index contributed by atoms with van der Waals surface area (Å²) in [6, 6.07) is 7.44. The van der Waals surface area contributed by atoms with E-state index >= 15 is 0 Å². The summed E-state index contributed by atoms with van der Waals surface area (Å²) in [5.74, 6) is 0.119. The van der Waals surface area contributed by atoms with Gasteiger partial charge in [-0.25, -0.2) is 8.42 Å². The van der Waals surface area contributed by atoms with Crippen LogP contribution in [0, 0.1) is 0 Å². The van der Waals surface area contributed by atoms with Crippen molar-refractivity contribution in [1.82, 2.24) is 0 Å². The van der Waals surface area contributed by atoms with E-state index in [9.17, 15) is 13.5 Å². The van der Waals surface area contributed by atoms with Crippen molar-refractivity contribution in [2.24, 2.45) is 0 Å². The summed E-state index contributed by atoms with van der Waals surface area (Å²) in [7, 11) is -3.01. The molecule has 1 aromatic carbocycles. The molecule has 0 saturated carbocycles. The third-order valence-electron chi connectivity index (χ3n) is 2.80. The van der Waals surface area contributed by atoms with Gasteiger partial charge in [-0.2, -0.15) is 0 Å². The maximum Gasteiger partial charge on any atom is 0.148 e. The Bertz CT molecular complexity index is 470. The molecule has 0 aliphatic heterocycles. The predicted molar refractivity (Wildman–Crippen MR) is 69.8 cm³/mol. The minimum absolute atomic E-state index is 0.119. The zero-order valence-corrected chi connectivity index (χ0v) is 11.6. The van der Waals surface area contributed by atoms with Gasteiger partial charge in [0.2, 0.25) is 0 Å². The maximum absolute atomic E-state index is 11.4. The van der Waals surface area contributed by atoms with Gasteiger partial charge in [-0.15, -0.1) is 0 Å². The van der Waals surface area contributed by atoms with E-state index in [2.05, 4.69) is 0 Å². The second kappa shape index (κ2) is 4.78. The van der Waals surface area contributed by atoms with Crippen LogP contribution in [-0.2, 0) is 15.3 Å². The molecule has 0 fully saturated rings. The van der Waals surface area contributed by atoms with Crippen molar-refractivity contribution in [1.29, 1.82) is 0 Å². The van der Waals surface area contributed by atoms with Crippen LogP contribution >= 0.6 is 0 Å². The largest absolute Gasteiger partial charge is 0.389 e. The SMILES string of the molecule is CC(O)c1ccc(C(C)(C)CS(C)(=O)=O)cc1. The molecular weight excluding hydrogens is 236 g/mol. The summed E-state index contributed by atoms with van der Waals surface area (Å²) in [5, 5.41) is 9.41. The fraction of sp³-hybridized carbons (Fsp3) is 0.538. The molecule has 17 heavy (non-hydrogen) atoms. The lowest BCUT2D eigenvalue weighted by Gasteiger charge is -2.24. The molecule has 1 N–H and O–H groups in total. The smallest absolute Gasteiger partial charge is 0.148 e. The summed E-state index contributed by atoms with van der Waals surface area (Å²) in [4.78, 5) is 0. The van der Waals surface area contributed by atoms with Crippen LogP contribution < -0.4 is 0 Å². The first-order valence-corrected chi connectivity index (χ1v) is 7.64. The van der Waals surface area contributed by atoms with E-state index in [-0.39, 0.29) is 5.75 Å². The lowest BCUT2D eigenvalue weighted by atomic mass is 9.86. The van der Waals surface area contributed by atoms with Gasteiger partial charge in [0.25, 0.3) is 0 Å². The van der Waals surface area contributed by atoms with Gasteiger partial charge in [-0.1, -0.05) is 38.1 Å². The summed E-state index contributed by atoms with van der Waals surface area (Å²) >= 11 is 0. The normalized spacial score (nSPS) is 14.6. The number of sulfone groups is 1. The van der Waals surface area contributed by atoms with Crippen LogP contribution in [0.25, 0.3) is 0 Å². The van der Waals surface area contributed by atoms with Crippen LogP contribution in [0.15, 0.2) is 24.3 Å². The van der Waals surface area contributed by atoms with Crippen molar-refractivity contribution < 1.29 is 13.5 Å². The summed E-state index contributed by atoms with van der Waals surface area (Å²) in [5.41, 5.74) is 1.39. The Hall–Kier alpha value is -0.870. The number of aliphatic hydroxyl groups is 1. The number of hydrogen-bond acceptors (Lipinski definition) is 3. The molecule has 1 unspecified atom stereocenters. The van der Waals surface area contributed by atoms with E-state index in [4.69, 9.17) is 0 Å². The van der Waals surface area contributed by atoms with Crippen molar-refractivity contribution in [3.8, 4) is 0 Å². The van der Waals surface area contributed by atoms with Gasteiger partial charge in [0.05, 0.1) is 11.9 Å². The van der Waals surface area contributed by atoms with Crippen LogP contribution in [-0.4, -0.2) is 25.5 Å². The molecule has 0 bridgehead atoms. The standard InChI is InChI=1S/C13H20O3S/c1-10(14)11-5-7-12(8-6-11)13(2,3)9-17(4,15)16/h5-8,10,14H,9H2,1-4H3. The quantitative estimate of drug-likeness (QED) is 0.897. The van der Waals surface area contributed by atoms with Gasteiger partial charge in [0, 0.05) is 11.7 Å². The highest BCUT2D eigenvalue weighted by atomic mass is 32.2. The predicted octanol–water partition coefficient (Wildman–Crippen LogP) is 2.06. The first-order chi connectivity index (χ1) is 7.62. The van der Waals surface area contributed by atoms with E-state index in [1.165, 1.54) is 6.26 Å². The van der Waals surface area contributed by atoms with Crippen molar-refractivity contribution >= 4 is 9.84 Å². The highest BCUT2D eigenvalue weighted by Crippen LogP contribution is 2.26. The van der Waals surface area contributed by atoms with Gasteiger partial charge in [-0.05, 0) is 18.1 Å². The molecule has 0 radical (unpaired) electrons. The topological polar surface area (TPSA) is 54.4 Å². The van der Waals surface area contributed by atoms with E-state index in [1.807, 2.05) is 38.1 Å². The molecular formula is C13H20O3S. The van der Waals surface area contributed by atoms with Crippen LogP contribution in [0.1, 0.15) is 38.0 Å². The Morgan fingerprint density at radius 1 is 1.24 bits per heavy atom. The van der Waals surface area contributed by atoms with E-state index in [0.29, 0.717) is 0 Å². The van der Waals surface area contributed by atoms with Crippen LogP contribution in [0.2, 0.25) is 0 Å². The van der Waals surface area contributed by atoms with Crippen LogP contribution in [0.5, 0.6) is 0 Å². The molecule has 0 aromatic heterocycles.